The topological polar surface area (TPSA) is 26.3 Å². The van der Waals surface area contributed by atoms with Gasteiger partial charge in [0.15, 0.2) is 11.6 Å². The van der Waals surface area contributed by atoms with Crippen LogP contribution in [0.15, 0.2) is 36.4 Å². The quantitative estimate of drug-likeness (QED) is 0.776. The second-order valence-corrected chi connectivity index (χ2v) is 4.59. The van der Waals surface area contributed by atoms with Crippen molar-refractivity contribution < 1.29 is 13.9 Å². The first-order valence-electron chi connectivity index (χ1n) is 5.42. The zero-order chi connectivity index (χ0) is 13.8. The molecule has 0 bridgehead atoms. The van der Waals surface area contributed by atoms with E-state index in [1.54, 1.807) is 18.2 Å². The number of aldehydes is 1. The maximum absolute atomic E-state index is 13.6. The average molecular weight is 299 g/mol. The van der Waals surface area contributed by atoms with Crippen LogP contribution < -0.4 is 4.74 Å². The molecule has 0 fully saturated rings. The van der Waals surface area contributed by atoms with E-state index in [9.17, 15) is 9.18 Å². The van der Waals surface area contributed by atoms with E-state index in [1.807, 2.05) is 0 Å². The Morgan fingerprint density at radius 2 is 2.00 bits per heavy atom. The van der Waals surface area contributed by atoms with Crippen LogP contribution in [-0.4, -0.2) is 6.29 Å². The lowest BCUT2D eigenvalue weighted by Crippen LogP contribution is -1.99. The minimum absolute atomic E-state index is 0.0571. The van der Waals surface area contributed by atoms with Gasteiger partial charge in [-0.3, -0.25) is 4.79 Å². The molecule has 5 heteroatoms. The number of hydrogen-bond acceptors (Lipinski definition) is 2. The fourth-order valence-electron chi connectivity index (χ4n) is 1.52. The van der Waals surface area contributed by atoms with Gasteiger partial charge in [0, 0.05) is 11.1 Å². The van der Waals surface area contributed by atoms with Gasteiger partial charge in [0.2, 0.25) is 0 Å². The van der Waals surface area contributed by atoms with Gasteiger partial charge >= 0.3 is 0 Å². The highest BCUT2D eigenvalue weighted by Crippen LogP contribution is 2.27. The molecule has 0 aliphatic heterocycles. The molecule has 98 valence electrons. The third-order valence-corrected chi connectivity index (χ3v) is 3.36. The summed E-state index contributed by atoms with van der Waals surface area (Å²) in [4.78, 5) is 10.5. The predicted molar refractivity (Wildman–Crippen MR) is 72.6 cm³/mol. The van der Waals surface area contributed by atoms with Crippen LogP contribution in [0.25, 0.3) is 0 Å². The average Bonchev–Trinajstić information content (AvgIpc) is 2.41. The first-order valence-corrected chi connectivity index (χ1v) is 6.18. The Bertz CT molecular complexity index is 614. The lowest BCUT2D eigenvalue weighted by molar-refractivity contribution is 0.112. The largest absolute Gasteiger partial charge is 0.486 e. The van der Waals surface area contributed by atoms with Crippen molar-refractivity contribution in [1.82, 2.24) is 0 Å². The van der Waals surface area contributed by atoms with Crippen LogP contribution >= 0.6 is 23.2 Å². The SMILES string of the molecule is O=Cc1ccc(OCc2cccc(Cl)c2Cl)c(F)c1. The van der Waals surface area contributed by atoms with Gasteiger partial charge < -0.3 is 4.74 Å². The molecule has 2 rings (SSSR count). The van der Waals surface area contributed by atoms with Crippen LogP contribution in [0.4, 0.5) is 4.39 Å². The standard InChI is InChI=1S/C14H9Cl2FO2/c15-11-3-1-2-10(14(11)16)8-19-13-5-4-9(7-18)6-12(13)17/h1-7H,8H2. The van der Waals surface area contributed by atoms with Gasteiger partial charge in [-0.15, -0.1) is 0 Å². The van der Waals surface area contributed by atoms with Crippen LogP contribution in [0.1, 0.15) is 15.9 Å². The van der Waals surface area contributed by atoms with Gasteiger partial charge in [0.25, 0.3) is 0 Å². The van der Waals surface area contributed by atoms with Gasteiger partial charge in [-0.1, -0.05) is 35.3 Å². The van der Waals surface area contributed by atoms with E-state index in [0.717, 1.165) is 6.07 Å². The molecule has 0 aliphatic rings. The Labute approximate surface area is 119 Å². The molecule has 0 heterocycles. The monoisotopic (exact) mass is 298 g/mol. The highest BCUT2D eigenvalue weighted by atomic mass is 35.5. The molecule has 2 nitrogen and oxygen atoms in total. The number of ether oxygens (including phenoxy) is 1. The number of carbonyl (C=O) groups is 1. The summed E-state index contributed by atoms with van der Waals surface area (Å²) in [6.45, 7) is 0.0940. The van der Waals surface area contributed by atoms with Crippen molar-refractivity contribution in [2.75, 3.05) is 0 Å². The summed E-state index contributed by atoms with van der Waals surface area (Å²) in [6.07, 6.45) is 0.570. The minimum Gasteiger partial charge on any atom is -0.486 e. The molecule has 0 aliphatic carbocycles. The fraction of sp³-hybridized carbons (Fsp3) is 0.0714. The molecule has 0 N–H and O–H groups in total. The number of halogens is 3. The highest BCUT2D eigenvalue weighted by Gasteiger charge is 2.08. The Hall–Kier alpha value is -1.58. The zero-order valence-corrected chi connectivity index (χ0v) is 11.2. The summed E-state index contributed by atoms with van der Waals surface area (Å²) in [5.74, 6) is -0.538. The maximum Gasteiger partial charge on any atom is 0.165 e. The first kappa shape index (κ1) is 13.8. The molecule has 0 amide bonds. The third kappa shape index (κ3) is 3.25. The molecule has 0 saturated carbocycles. The normalized spacial score (nSPS) is 10.3. The first-order chi connectivity index (χ1) is 9.11. The van der Waals surface area contributed by atoms with Crippen LogP contribution in [0.2, 0.25) is 10.0 Å². The molecular formula is C14H9Cl2FO2. The van der Waals surface area contributed by atoms with Crippen molar-refractivity contribution >= 4 is 29.5 Å². The number of rotatable bonds is 4. The van der Waals surface area contributed by atoms with Crippen LogP contribution in [0.3, 0.4) is 0 Å². The number of carbonyl (C=O) groups excluding carboxylic acids is 1. The lowest BCUT2D eigenvalue weighted by atomic mass is 10.2. The fourth-order valence-corrected chi connectivity index (χ4v) is 1.90. The molecule has 0 radical (unpaired) electrons. The van der Waals surface area contributed by atoms with Crippen LogP contribution in [-0.2, 0) is 6.61 Å². The zero-order valence-electron chi connectivity index (χ0n) is 9.70. The van der Waals surface area contributed by atoms with Crippen molar-refractivity contribution in [2.24, 2.45) is 0 Å². The summed E-state index contributed by atoms with van der Waals surface area (Å²) in [5, 5.41) is 0.800. The molecular weight excluding hydrogens is 290 g/mol. The van der Waals surface area contributed by atoms with Crippen molar-refractivity contribution in [3.63, 3.8) is 0 Å². The maximum atomic E-state index is 13.6. The second-order valence-electron chi connectivity index (χ2n) is 3.81. The van der Waals surface area contributed by atoms with Crippen molar-refractivity contribution in [2.45, 2.75) is 6.61 Å². The van der Waals surface area contributed by atoms with E-state index in [1.165, 1.54) is 12.1 Å². The van der Waals surface area contributed by atoms with Crippen molar-refractivity contribution in [1.29, 1.82) is 0 Å². The smallest absolute Gasteiger partial charge is 0.165 e. The molecule has 2 aromatic carbocycles. The van der Waals surface area contributed by atoms with E-state index in [-0.39, 0.29) is 17.9 Å². The Morgan fingerprint density at radius 3 is 2.68 bits per heavy atom. The van der Waals surface area contributed by atoms with Gasteiger partial charge in [0.05, 0.1) is 10.0 Å². The summed E-state index contributed by atoms with van der Waals surface area (Å²) in [7, 11) is 0. The molecule has 0 spiro atoms. The molecule has 2 aromatic rings. The Balaban J connectivity index is 2.14. The van der Waals surface area contributed by atoms with E-state index < -0.39 is 5.82 Å². The predicted octanol–water partition coefficient (Wildman–Crippen LogP) is 4.52. The third-order valence-electron chi connectivity index (χ3n) is 2.51. The summed E-state index contributed by atoms with van der Waals surface area (Å²) in [6, 6.07) is 9.13. The lowest BCUT2D eigenvalue weighted by Gasteiger charge is -2.09. The van der Waals surface area contributed by atoms with Gasteiger partial charge in [-0.05, 0) is 24.3 Å². The van der Waals surface area contributed by atoms with E-state index in [4.69, 9.17) is 27.9 Å². The van der Waals surface area contributed by atoms with Gasteiger partial charge in [-0.2, -0.15) is 0 Å². The molecule has 0 saturated heterocycles. The summed E-state index contributed by atoms with van der Waals surface area (Å²) < 4.78 is 18.9. The molecule has 0 unspecified atom stereocenters. The summed E-state index contributed by atoms with van der Waals surface area (Å²) in [5.41, 5.74) is 0.915. The highest BCUT2D eigenvalue weighted by molar-refractivity contribution is 6.42. The van der Waals surface area contributed by atoms with E-state index >= 15 is 0 Å². The van der Waals surface area contributed by atoms with Crippen molar-refractivity contribution in [3.05, 3.63) is 63.4 Å². The van der Waals surface area contributed by atoms with Crippen molar-refractivity contribution in [3.8, 4) is 5.75 Å². The molecule has 19 heavy (non-hydrogen) atoms. The van der Waals surface area contributed by atoms with Crippen LogP contribution in [0, 0.1) is 5.82 Å². The van der Waals surface area contributed by atoms with Gasteiger partial charge in [0.1, 0.15) is 12.9 Å². The Morgan fingerprint density at radius 1 is 1.21 bits per heavy atom. The van der Waals surface area contributed by atoms with Gasteiger partial charge in [-0.25, -0.2) is 4.39 Å². The number of benzene rings is 2. The second kappa shape index (κ2) is 6.04. The van der Waals surface area contributed by atoms with E-state index in [0.29, 0.717) is 21.9 Å². The minimum atomic E-state index is -0.595. The Kier molecular flexibility index (Phi) is 4.40. The summed E-state index contributed by atoms with van der Waals surface area (Å²) >= 11 is 11.9. The number of hydrogen-bond donors (Lipinski definition) is 0. The molecule has 0 aromatic heterocycles. The van der Waals surface area contributed by atoms with Crippen LogP contribution in [0.5, 0.6) is 5.75 Å². The molecule has 0 atom stereocenters. The van der Waals surface area contributed by atoms with E-state index in [2.05, 4.69) is 0 Å².